The molecule has 0 N–H and O–H groups in total. The quantitative estimate of drug-likeness (QED) is 0.670. The number of pyridine rings is 1. The number of furan rings is 1. The van der Waals surface area contributed by atoms with Crippen LogP contribution in [0.3, 0.4) is 0 Å². The van der Waals surface area contributed by atoms with Gasteiger partial charge < -0.3 is 14.1 Å². The lowest BCUT2D eigenvalue weighted by atomic mass is 10.3. The van der Waals surface area contributed by atoms with Gasteiger partial charge in [-0.15, -0.1) is 0 Å². The van der Waals surface area contributed by atoms with Crippen molar-refractivity contribution < 1.29 is 22.4 Å². The predicted octanol–water partition coefficient (Wildman–Crippen LogP) is 1.77. The van der Waals surface area contributed by atoms with E-state index in [1.807, 2.05) is 6.92 Å². The number of nitrogens with zero attached hydrogens (tertiary/aromatic N) is 3. The van der Waals surface area contributed by atoms with Crippen LogP contribution in [0, 0.1) is 0 Å². The molecule has 0 radical (unpaired) electrons. The summed E-state index contributed by atoms with van der Waals surface area (Å²) in [6.45, 7) is 2.79. The number of amides is 1. The number of sulfonamides is 1. The van der Waals surface area contributed by atoms with E-state index in [0.717, 1.165) is 4.31 Å². The Kier molecular flexibility index (Phi) is 6.15. The number of morpholine rings is 1. The molecule has 10 heteroatoms. The Morgan fingerprint density at radius 2 is 2.22 bits per heavy atom. The summed E-state index contributed by atoms with van der Waals surface area (Å²) in [4.78, 5) is 18.1. The number of carbonyl (C=O) groups is 1. The van der Waals surface area contributed by atoms with Gasteiger partial charge in [-0.05, 0) is 31.2 Å². The van der Waals surface area contributed by atoms with Crippen molar-refractivity contribution in [3.05, 3.63) is 47.6 Å². The van der Waals surface area contributed by atoms with E-state index < -0.39 is 10.0 Å². The molecule has 2 aromatic rings. The third-order valence-electron chi connectivity index (χ3n) is 4.16. The molecule has 3 heterocycles. The van der Waals surface area contributed by atoms with Gasteiger partial charge in [-0.2, -0.15) is 4.31 Å². The Morgan fingerprint density at radius 1 is 1.41 bits per heavy atom. The molecule has 3 rings (SSSR count). The first-order valence-electron chi connectivity index (χ1n) is 8.40. The van der Waals surface area contributed by atoms with Crippen molar-refractivity contribution in [3.8, 4) is 0 Å². The lowest BCUT2D eigenvalue weighted by Crippen LogP contribution is -2.49. The van der Waals surface area contributed by atoms with Gasteiger partial charge >= 0.3 is 0 Å². The molecule has 1 fully saturated rings. The molecule has 1 saturated heterocycles. The van der Waals surface area contributed by atoms with Crippen molar-refractivity contribution >= 4 is 27.5 Å². The van der Waals surface area contributed by atoms with E-state index in [2.05, 4.69) is 4.98 Å². The fourth-order valence-electron chi connectivity index (χ4n) is 2.76. The van der Waals surface area contributed by atoms with Crippen LogP contribution in [0.2, 0.25) is 5.15 Å². The minimum absolute atomic E-state index is 0.0402. The van der Waals surface area contributed by atoms with Gasteiger partial charge in [0.25, 0.3) is 0 Å². The second-order valence-electron chi connectivity index (χ2n) is 6.19. The van der Waals surface area contributed by atoms with Gasteiger partial charge in [-0.3, -0.25) is 4.79 Å². The number of halogens is 1. The van der Waals surface area contributed by atoms with Gasteiger partial charge in [0.05, 0.1) is 32.1 Å². The standard InChI is InChI=1S/C17H20ClN3O5S/c1-13-10-20(6-8-25-13)17(22)12-21(11-14-3-2-7-26-14)27(23,24)15-4-5-16(18)19-9-15/h2-5,7,9,13H,6,8,10-12H2,1H3. The fourth-order valence-corrected chi connectivity index (χ4v) is 4.18. The third kappa shape index (κ3) is 4.86. The van der Waals surface area contributed by atoms with Gasteiger partial charge in [0, 0.05) is 19.3 Å². The van der Waals surface area contributed by atoms with Gasteiger partial charge in [-0.1, -0.05) is 11.6 Å². The van der Waals surface area contributed by atoms with E-state index in [1.54, 1.807) is 17.0 Å². The predicted molar refractivity (Wildman–Crippen MR) is 97.5 cm³/mol. The maximum Gasteiger partial charge on any atom is 0.245 e. The summed E-state index contributed by atoms with van der Waals surface area (Å²) in [6, 6.07) is 6.07. The first-order valence-corrected chi connectivity index (χ1v) is 10.2. The molecule has 0 aromatic carbocycles. The van der Waals surface area contributed by atoms with Crippen LogP contribution in [0.25, 0.3) is 0 Å². The average Bonchev–Trinajstić information content (AvgIpc) is 3.14. The van der Waals surface area contributed by atoms with E-state index in [9.17, 15) is 13.2 Å². The van der Waals surface area contributed by atoms with Crippen LogP contribution in [0.1, 0.15) is 12.7 Å². The summed E-state index contributed by atoms with van der Waals surface area (Å²) in [5, 5.41) is 0.185. The van der Waals surface area contributed by atoms with Crippen LogP contribution in [-0.2, 0) is 26.1 Å². The highest BCUT2D eigenvalue weighted by Gasteiger charge is 2.31. The first-order chi connectivity index (χ1) is 12.9. The molecule has 0 saturated carbocycles. The topological polar surface area (TPSA) is 93.0 Å². The van der Waals surface area contributed by atoms with Crippen molar-refractivity contribution in [2.75, 3.05) is 26.2 Å². The number of hydrogen-bond acceptors (Lipinski definition) is 6. The van der Waals surface area contributed by atoms with E-state index in [1.165, 1.54) is 24.6 Å². The summed E-state index contributed by atoms with van der Waals surface area (Å²) < 4.78 is 37.9. The normalized spacial score (nSPS) is 18.0. The van der Waals surface area contributed by atoms with Gasteiger partial charge in [0.15, 0.2) is 0 Å². The SMILES string of the molecule is CC1CN(C(=O)CN(Cc2ccco2)S(=O)(=O)c2ccc(Cl)nc2)CCO1. The zero-order chi connectivity index (χ0) is 19.4. The van der Waals surface area contributed by atoms with Crippen LogP contribution in [0.4, 0.5) is 0 Å². The minimum Gasteiger partial charge on any atom is -0.468 e. The maximum absolute atomic E-state index is 13.1. The molecule has 27 heavy (non-hydrogen) atoms. The highest BCUT2D eigenvalue weighted by atomic mass is 35.5. The van der Waals surface area contributed by atoms with Gasteiger partial charge in [0.1, 0.15) is 15.8 Å². The van der Waals surface area contributed by atoms with Crippen molar-refractivity contribution in [2.45, 2.75) is 24.5 Å². The molecule has 0 spiro atoms. The molecule has 0 aliphatic carbocycles. The highest BCUT2D eigenvalue weighted by molar-refractivity contribution is 7.89. The Hall–Kier alpha value is -1.94. The third-order valence-corrected chi connectivity index (χ3v) is 6.15. The maximum atomic E-state index is 13.1. The van der Waals surface area contributed by atoms with E-state index >= 15 is 0 Å². The minimum atomic E-state index is -3.97. The monoisotopic (exact) mass is 413 g/mol. The van der Waals surface area contributed by atoms with Crippen LogP contribution >= 0.6 is 11.6 Å². The largest absolute Gasteiger partial charge is 0.468 e. The summed E-state index contributed by atoms with van der Waals surface area (Å²) in [5.74, 6) is 0.144. The van der Waals surface area contributed by atoms with Crippen molar-refractivity contribution in [2.24, 2.45) is 0 Å². The van der Waals surface area contributed by atoms with Crippen molar-refractivity contribution in [1.29, 1.82) is 0 Å². The van der Waals surface area contributed by atoms with Crippen LogP contribution < -0.4 is 0 Å². The Bertz CT molecular complexity index is 870. The number of rotatable bonds is 6. The fraction of sp³-hybridized carbons (Fsp3) is 0.412. The Balaban J connectivity index is 1.84. The number of hydrogen-bond donors (Lipinski definition) is 0. The van der Waals surface area contributed by atoms with E-state index in [-0.39, 0.29) is 35.1 Å². The summed E-state index contributed by atoms with van der Waals surface area (Å²) in [5.41, 5.74) is 0. The lowest BCUT2D eigenvalue weighted by Gasteiger charge is -2.32. The molecule has 1 unspecified atom stereocenters. The summed E-state index contributed by atoms with van der Waals surface area (Å²) in [7, 11) is -3.97. The summed E-state index contributed by atoms with van der Waals surface area (Å²) in [6.07, 6.45) is 2.54. The Labute approximate surface area is 162 Å². The molecule has 8 nitrogen and oxygen atoms in total. The molecule has 146 valence electrons. The van der Waals surface area contributed by atoms with Gasteiger partial charge in [0.2, 0.25) is 15.9 Å². The molecule has 1 aliphatic rings. The van der Waals surface area contributed by atoms with E-state index in [0.29, 0.717) is 25.5 Å². The number of ether oxygens (including phenoxy) is 1. The van der Waals surface area contributed by atoms with Gasteiger partial charge in [-0.25, -0.2) is 13.4 Å². The Morgan fingerprint density at radius 3 is 2.85 bits per heavy atom. The first kappa shape index (κ1) is 19.8. The molecule has 1 amide bonds. The zero-order valence-electron chi connectivity index (χ0n) is 14.7. The molecule has 1 aliphatic heterocycles. The van der Waals surface area contributed by atoms with E-state index in [4.69, 9.17) is 20.8 Å². The van der Waals surface area contributed by atoms with Crippen LogP contribution in [0.5, 0.6) is 0 Å². The average molecular weight is 414 g/mol. The molecule has 0 bridgehead atoms. The lowest BCUT2D eigenvalue weighted by molar-refractivity contribution is -0.138. The number of aromatic nitrogens is 1. The smallest absolute Gasteiger partial charge is 0.245 e. The van der Waals surface area contributed by atoms with Crippen molar-refractivity contribution in [3.63, 3.8) is 0 Å². The second-order valence-corrected chi connectivity index (χ2v) is 8.52. The molecular weight excluding hydrogens is 394 g/mol. The van der Waals surface area contributed by atoms with Crippen LogP contribution in [-0.4, -0.2) is 60.9 Å². The van der Waals surface area contributed by atoms with Crippen molar-refractivity contribution in [1.82, 2.24) is 14.2 Å². The van der Waals surface area contributed by atoms with Crippen LogP contribution in [0.15, 0.2) is 46.0 Å². The zero-order valence-corrected chi connectivity index (χ0v) is 16.3. The molecule has 1 atom stereocenters. The number of carbonyl (C=O) groups excluding carboxylic acids is 1. The highest BCUT2D eigenvalue weighted by Crippen LogP contribution is 2.20. The molecule has 2 aromatic heterocycles. The molecular formula is C17H20ClN3O5S. The summed E-state index contributed by atoms with van der Waals surface area (Å²) >= 11 is 5.75. The second kappa shape index (κ2) is 8.39.